The van der Waals surface area contributed by atoms with E-state index in [1.54, 1.807) is 0 Å². The Morgan fingerprint density at radius 3 is 2.30 bits per heavy atom. The molecule has 1 heterocycles. The van der Waals surface area contributed by atoms with Gasteiger partial charge < -0.3 is 9.84 Å². The molecule has 2 aromatic rings. The number of diazo groups is 1. The highest BCUT2D eigenvalue weighted by molar-refractivity contribution is 5.60. The average Bonchev–Trinajstić information content (AvgIpc) is 2.76. The maximum absolute atomic E-state index is 12.7. The first-order valence-corrected chi connectivity index (χ1v) is 5.25. The maximum atomic E-state index is 12.7. The summed E-state index contributed by atoms with van der Waals surface area (Å²) in [5.41, 5.74) is -2.59. The molecule has 0 aliphatic carbocycles. The molecule has 0 N–H and O–H groups in total. The Hall–Kier alpha value is -2.76. The standard InChI is InChI=1S/C11H7F3N4O2/c1-20-7-4-2-6(3-5-7)18-10(19)8(16-15)9(17-18)11(12,13)14/h2-5H,1H3. The van der Waals surface area contributed by atoms with Crippen LogP contribution in [0.3, 0.4) is 0 Å². The summed E-state index contributed by atoms with van der Waals surface area (Å²) in [6.07, 6.45) is -4.89. The van der Waals surface area contributed by atoms with Crippen molar-refractivity contribution in [3.63, 3.8) is 0 Å². The fraction of sp³-hybridized carbons (Fsp3) is 0.182. The molecular weight excluding hydrogens is 277 g/mol. The highest BCUT2D eigenvalue weighted by Gasteiger charge is 2.44. The lowest BCUT2D eigenvalue weighted by atomic mass is 10.3. The second kappa shape index (κ2) is 4.73. The summed E-state index contributed by atoms with van der Waals surface area (Å²) in [5, 5.41) is 23.5. The van der Waals surface area contributed by atoms with Crippen LogP contribution >= 0.6 is 0 Å². The normalized spacial score (nSPS) is 11.2. The summed E-state index contributed by atoms with van der Waals surface area (Å²) in [6, 6.07) is 5.63. The lowest BCUT2D eigenvalue weighted by Crippen LogP contribution is -2.08. The van der Waals surface area contributed by atoms with Gasteiger partial charge in [0.25, 0.3) is 5.69 Å². The molecule has 0 radical (unpaired) electrons. The van der Waals surface area contributed by atoms with Crippen LogP contribution in [0.5, 0.6) is 11.6 Å². The number of rotatable bonds is 2. The van der Waals surface area contributed by atoms with Gasteiger partial charge in [0.1, 0.15) is 5.75 Å². The molecule has 0 aliphatic heterocycles. The van der Waals surface area contributed by atoms with Crippen LogP contribution in [-0.2, 0) is 6.18 Å². The Morgan fingerprint density at radius 1 is 1.30 bits per heavy atom. The third-order valence-corrected chi connectivity index (χ3v) is 2.50. The van der Waals surface area contributed by atoms with Crippen LogP contribution < -0.4 is 9.84 Å². The van der Waals surface area contributed by atoms with E-state index in [1.165, 1.54) is 31.4 Å². The minimum Gasteiger partial charge on any atom is -0.853 e. The van der Waals surface area contributed by atoms with Gasteiger partial charge in [-0.15, -0.1) is 0 Å². The van der Waals surface area contributed by atoms with Gasteiger partial charge in [-0.25, -0.2) is 4.68 Å². The maximum Gasteiger partial charge on any atom is 0.443 e. The number of aromatic nitrogens is 2. The number of hydrogen-bond donors (Lipinski definition) is 0. The summed E-state index contributed by atoms with van der Waals surface area (Å²) in [5.74, 6) is -0.693. The number of hydrogen-bond acceptors (Lipinski definition) is 4. The Bertz CT molecular complexity index is 671. The molecule has 0 atom stereocenters. The van der Waals surface area contributed by atoms with Gasteiger partial charge >= 0.3 is 11.9 Å². The van der Waals surface area contributed by atoms with Crippen LogP contribution in [0.2, 0.25) is 0 Å². The molecular formula is C11H7F3N4O2. The Morgan fingerprint density at radius 2 is 1.90 bits per heavy atom. The average molecular weight is 284 g/mol. The molecule has 1 aromatic heterocycles. The van der Waals surface area contributed by atoms with E-state index in [2.05, 4.69) is 10.1 Å². The van der Waals surface area contributed by atoms with E-state index in [9.17, 15) is 18.3 Å². The third kappa shape index (κ3) is 2.23. The van der Waals surface area contributed by atoms with E-state index < -0.39 is 23.4 Å². The van der Waals surface area contributed by atoms with Crippen molar-refractivity contribution in [1.29, 1.82) is 5.39 Å². The highest BCUT2D eigenvalue weighted by atomic mass is 19.4. The Kier molecular flexibility index (Phi) is 3.23. The van der Waals surface area contributed by atoms with Crippen molar-refractivity contribution in [2.24, 2.45) is 0 Å². The van der Waals surface area contributed by atoms with Gasteiger partial charge in [-0.05, 0) is 24.3 Å². The molecule has 2 rings (SSSR count). The lowest BCUT2D eigenvalue weighted by molar-refractivity contribution is -0.276. The van der Waals surface area contributed by atoms with Gasteiger partial charge in [-0.3, -0.25) is 0 Å². The Labute approximate surface area is 110 Å². The van der Waals surface area contributed by atoms with Crippen molar-refractivity contribution in [1.82, 2.24) is 9.78 Å². The van der Waals surface area contributed by atoms with Gasteiger partial charge in [0, 0.05) is 0 Å². The van der Waals surface area contributed by atoms with E-state index in [-0.39, 0.29) is 5.69 Å². The molecule has 0 fully saturated rings. The highest BCUT2D eigenvalue weighted by Crippen LogP contribution is 2.40. The zero-order valence-electron chi connectivity index (χ0n) is 10.0. The van der Waals surface area contributed by atoms with Crippen molar-refractivity contribution in [2.75, 3.05) is 7.11 Å². The largest absolute Gasteiger partial charge is 0.853 e. The second-order valence-corrected chi connectivity index (χ2v) is 3.71. The quantitative estimate of drug-likeness (QED) is 0.793. The van der Waals surface area contributed by atoms with Gasteiger partial charge in [0.15, 0.2) is 4.98 Å². The fourth-order valence-corrected chi connectivity index (χ4v) is 1.57. The first-order chi connectivity index (χ1) is 9.38. The first kappa shape index (κ1) is 13.7. The van der Waals surface area contributed by atoms with Gasteiger partial charge in [-0.2, -0.15) is 18.3 Å². The minimum absolute atomic E-state index is 0.0937. The molecule has 0 spiro atoms. The summed E-state index contributed by atoms with van der Waals surface area (Å²) in [4.78, 5) is 2.38. The van der Waals surface area contributed by atoms with Crippen molar-refractivity contribution in [3.8, 4) is 17.3 Å². The summed E-state index contributed by atoms with van der Waals surface area (Å²) >= 11 is 0. The smallest absolute Gasteiger partial charge is 0.443 e. The van der Waals surface area contributed by atoms with E-state index >= 15 is 0 Å². The molecule has 6 nitrogen and oxygen atoms in total. The number of methoxy groups -OCH3 is 1. The number of halogens is 3. The molecule has 0 bridgehead atoms. The number of alkyl halides is 3. The zero-order chi connectivity index (χ0) is 14.9. The van der Waals surface area contributed by atoms with E-state index in [0.29, 0.717) is 10.4 Å². The molecule has 0 saturated heterocycles. The van der Waals surface area contributed by atoms with Crippen molar-refractivity contribution in [3.05, 3.63) is 34.9 Å². The van der Waals surface area contributed by atoms with Crippen LogP contribution in [0.15, 0.2) is 24.3 Å². The molecule has 20 heavy (non-hydrogen) atoms. The van der Waals surface area contributed by atoms with E-state index in [1.807, 2.05) is 0 Å². The summed E-state index contributed by atoms with van der Waals surface area (Å²) in [6.45, 7) is 0. The topological polar surface area (TPSA) is 78.3 Å². The third-order valence-electron chi connectivity index (χ3n) is 2.50. The van der Waals surface area contributed by atoms with Crippen molar-refractivity contribution in [2.45, 2.75) is 6.18 Å². The SMILES string of the molecule is COc1ccc(-n2nc(C(F)(F)F)c([N+]#N)c2[O-])cc1. The van der Waals surface area contributed by atoms with Crippen LogP contribution in [0.25, 0.3) is 10.7 Å². The lowest BCUT2D eigenvalue weighted by Gasteiger charge is -2.08. The van der Waals surface area contributed by atoms with Gasteiger partial charge in [0.05, 0.1) is 18.7 Å². The van der Waals surface area contributed by atoms with Gasteiger partial charge in [-0.1, -0.05) is 0 Å². The summed E-state index contributed by atoms with van der Waals surface area (Å²) in [7, 11) is 1.42. The van der Waals surface area contributed by atoms with Crippen molar-refractivity contribution >= 4 is 5.69 Å². The molecule has 0 aliphatic rings. The monoisotopic (exact) mass is 284 g/mol. The molecule has 9 heteroatoms. The zero-order valence-corrected chi connectivity index (χ0v) is 10.0. The molecule has 104 valence electrons. The molecule has 0 unspecified atom stereocenters. The predicted molar refractivity (Wildman–Crippen MR) is 59.3 cm³/mol. The van der Waals surface area contributed by atoms with Crippen LogP contribution in [0.1, 0.15) is 5.69 Å². The van der Waals surface area contributed by atoms with Gasteiger partial charge in [0.2, 0.25) is 5.39 Å². The molecule has 0 amide bonds. The number of nitrogens with zero attached hydrogens (tertiary/aromatic N) is 4. The number of ether oxygens (including phenoxy) is 1. The number of benzene rings is 1. The fourth-order valence-electron chi connectivity index (χ4n) is 1.57. The summed E-state index contributed by atoms with van der Waals surface area (Å²) < 4.78 is 43.4. The van der Waals surface area contributed by atoms with Crippen LogP contribution in [0, 0.1) is 5.39 Å². The predicted octanol–water partition coefficient (Wildman–Crippen LogP) is 2.46. The van der Waals surface area contributed by atoms with E-state index in [4.69, 9.17) is 10.1 Å². The molecule has 0 saturated carbocycles. The second-order valence-electron chi connectivity index (χ2n) is 3.71. The van der Waals surface area contributed by atoms with E-state index in [0.717, 1.165) is 0 Å². The minimum atomic E-state index is -4.89. The van der Waals surface area contributed by atoms with Crippen LogP contribution in [0.4, 0.5) is 18.9 Å². The Balaban J connectivity index is 2.58. The molecule has 1 aromatic carbocycles. The first-order valence-electron chi connectivity index (χ1n) is 5.25. The van der Waals surface area contributed by atoms with Crippen LogP contribution in [-0.4, -0.2) is 16.9 Å². The van der Waals surface area contributed by atoms with Crippen molar-refractivity contribution < 1.29 is 23.0 Å².